The number of hydrogen-bond acceptors (Lipinski definition) is 6. The van der Waals surface area contributed by atoms with Gasteiger partial charge in [0, 0.05) is 23.3 Å². The van der Waals surface area contributed by atoms with Crippen LogP contribution < -0.4 is 14.9 Å². The Morgan fingerprint density at radius 2 is 2.00 bits per heavy atom. The number of nitrogens with one attached hydrogen (secondary N) is 2. The number of sulfonamides is 1. The number of nitrogens with zero attached hydrogens (tertiary/aromatic N) is 3. The molecule has 8 nitrogen and oxygen atoms in total. The third kappa shape index (κ3) is 5.66. The molecule has 0 atom stereocenters. The number of benzene rings is 2. The van der Waals surface area contributed by atoms with Gasteiger partial charge in [0.05, 0.1) is 18.5 Å². The number of aromatic nitrogens is 2. The first-order chi connectivity index (χ1) is 13.7. The van der Waals surface area contributed by atoms with Gasteiger partial charge in [0.1, 0.15) is 0 Å². The summed E-state index contributed by atoms with van der Waals surface area (Å²) in [4.78, 5) is 4.31. The standard InChI is InChI=1S/C18H18ClN5O3S2/c1-24(29(2,25)26)15-8-4-7-14(10-15)21-18(28)20-11-16-22-17(23-27-16)12-5-3-6-13(19)9-12/h3-10H,11H2,1-2H3,(H2,20,21,28). The van der Waals surface area contributed by atoms with Crippen LogP contribution in [0.2, 0.25) is 5.02 Å². The van der Waals surface area contributed by atoms with Crippen molar-refractivity contribution in [2.75, 3.05) is 22.9 Å². The lowest BCUT2D eigenvalue weighted by molar-refractivity contribution is 0.376. The number of thiocarbonyl (C=S) groups is 1. The molecule has 0 saturated heterocycles. The molecule has 3 aromatic rings. The Morgan fingerprint density at radius 3 is 2.72 bits per heavy atom. The molecule has 2 aromatic carbocycles. The molecule has 0 aliphatic heterocycles. The van der Waals surface area contributed by atoms with Gasteiger partial charge in [-0.05, 0) is 42.5 Å². The zero-order valence-electron chi connectivity index (χ0n) is 15.6. The molecule has 152 valence electrons. The van der Waals surface area contributed by atoms with Gasteiger partial charge in [-0.1, -0.05) is 35.0 Å². The van der Waals surface area contributed by atoms with E-state index in [-0.39, 0.29) is 6.54 Å². The van der Waals surface area contributed by atoms with Crippen LogP contribution in [-0.2, 0) is 16.6 Å². The van der Waals surface area contributed by atoms with Gasteiger partial charge in [0.2, 0.25) is 21.7 Å². The average Bonchev–Trinajstić information content (AvgIpc) is 3.14. The molecule has 2 N–H and O–H groups in total. The van der Waals surface area contributed by atoms with E-state index in [0.29, 0.717) is 33.2 Å². The van der Waals surface area contributed by atoms with Crippen molar-refractivity contribution in [2.45, 2.75) is 6.54 Å². The average molecular weight is 452 g/mol. The van der Waals surface area contributed by atoms with Gasteiger partial charge in [-0.2, -0.15) is 4.98 Å². The van der Waals surface area contributed by atoms with Crippen LogP contribution in [0.25, 0.3) is 11.4 Å². The molecule has 0 saturated carbocycles. The maximum Gasteiger partial charge on any atom is 0.246 e. The second kappa shape index (κ2) is 8.76. The summed E-state index contributed by atoms with van der Waals surface area (Å²) in [5.74, 6) is 0.786. The fourth-order valence-electron chi connectivity index (χ4n) is 2.37. The Balaban J connectivity index is 1.60. The normalized spacial score (nSPS) is 11.1. The minimum absolute atomic E-state index is 0.225. The van der Waals surface area contributed by atoms with E-state index < -0.39 is 10.0 Å². The lowest BCUT2D eigenvalue weighted by Crippen LogP contribution is -2.28. The summed E-state index contributed by atoms with van der Waals surface area (Å²) in [5, 5.41) is 10.8. The molecule has 0 aliphatic rings. The Hall–Kier alpha value is -2.69. The zero-order chi connectivity index (χ0) is 21.0. The molecular weight excluding hydrogens is 434 g/mol. The lowest BCUT2D eigenvalue weighted by Gasteiger charge is -2.18. The second-order valence-electron chi connectivity index (χ2n) is 6.11. The smallest absolute Gasteiger partial charge is 0.246 e. The third-order valence-electron chi connectivity index (χ3n) is 3.92. The van der Waals surface area contributed by atoms with Gasteiger partial charge in [-0.3, -0.25) is 4.31 Å². The van der Waals surface area contributed by atoms with Crippen molar-refractivity contribution >= 4 is 50.3 Å². The van der Waals surface area contributed by atoms with Crippen molar-refractivity contribution in [3.63, 3.8) is 0 Å². The fraction of sp³-hybridized carbons (Fsp3) is 0.167. The second-order valence-corrected chi connectivity index (χ2v) is 8.97. The Kier molecular flexibility index (Phi) is 6.36. The van der Waals surface area contributed by atoms with Crippen LogP contribution in [0.4, 0.5) is 11.4 Å². The summed E-state index contributed by atoms with van der Waals surface area (Å²) < 4.78 is 29.8. The fourth-order valence-corrected chi connectivity index (χ4v) is 3.25. The quantitative estimate of drug-likeness (QED) is 0.551. The minimum Gasteiger partial charge on any atom is -0.353 e. The van der Waals surface area contributed by atoms with E-state index in [0.717, 1.165) is 11.8 Å². The highest BCUT2D eigenvalue weighted by molar-refractivity contribution is 7.92. The van der Waals surface area contributed by atoms with Gasteiger partial charge in [-0.25, -0.2) is 8.42 Å². The maximum absolute atomic E-state index is 11.7. The van der Waals surface area contributed by atoms with Crippen molar-refractivity contribution in [3.05, 3.63) is 59.4 Å². The van der Waals surface area contributed by atoms with Crippen LogP contribution >= 0.6 is 23.8 Å². The maximum atomic E-state index is 11.7. The van der Waals surface area contributed by atoms with E-state index in [9.17, 15) is 8.42 Å². The van der Waals surface area contributed by atoms with Crippen molar-refractivity contribution in [2.24, 2.45) is 0 Å². The lowest BCUT2D eigenvalue weighted by atomic mass is 10.2. The molecule has 1 aromatic heterocycles. The molecule has 0 aliphatic carbocycles. The molecule has 0 spiro atoms. The first-order valence-electron chi connectivity index (χ1n) is 8.40. The Morgan fingerprint density at radius 1 is 1.24 bits per heavy atom. The van der Waals surface area contributed by atoms with Crippen LogP contribution in [0.15, 0.2) is 53.1 Å². The van der Waals surface area contributed by atoms with E-state index in [1.54, 1.807) is 42.5 Å². The van der Waals surface area contributed by atoms with E-state index in [2.05, 4.69) is 20.8 Å². The van der Waals surface area contributed by atoms with Crippen LogP contribution in [0.5, 0.6) is 0 Å². The molecule has 0 unspecified atom stereocenters. The summed E-state index contributed by atoms with van der Waals surface area (Å²) in [5.41, 5.74) is 1.91. The summed E-state index contributed by atoms with van der Waals surface area (Å²) in [7, 11) is -1.87. The summed E-state index contributed by atoms with van der Waals surface area (Å²) >= 11 is 11.3. The molecule has 0 radical (unpaired) electrons. The van der Waals surface area contributed by atoms with Crippen molar-refractivity contribution in [1.29, 1.82) is 0 Å². The summed E-state index contributed by atoms with van der Waals surface area (Å²) in [6.07, 6.45) is 1.14. The highest BCUT2D eigenvalue weighted by Gasteiger charge is 2.13. The molecule has 0 fully saturated rings. The van der Waals surface area contributed by atoms with Gasteiger partial charge >= 0.3 is 0 Å². The molecular formula is C18H18ClN5O3S2. The van der Waals surface area contributed by atoms with Crippen LogP contribution in [0, 0.1) is 0 Å². The first kappa shape index (κ1) is 21.0. The van der Waals surface area contributed by atoms with E-state index in [4.69, 9.17) is 28.3 Å². The summed E-state index contributed by atoms with van der Waals surface area (Å²) in [6, 6.07) is 14.0. The SMILES string of the molecule is CN(c1cccc(NC(=S)NCc2nc(-c3cccc(Cl)c3)no2)c1)S(C)(=O)=O. The van der Waals surface area contributed by atoms with Crippen molar-refractivity contribution < 1.29 is 12.9 Å². The van der Waals surface area contributed by atoms with Crippen molar-refractivity contribution in [1.82, 2.24) is 15.5 Å². The number of rotatable bonds is 6. The van der Waals surface area contributed by atoms with Crippen LogP contribution in [-0.4, -0.2) is 37.0 Å². The monoisotopic (exact) mass is 451 g/mol. The van der Waals surface area contributed by atoms with Gasteiger partial charge in [0.15, 0.2) is 5.11 Å². The molecule has 0 bridgehead atoms. The topological polar surface area (TPSA) is 100 Å². The van der Waals surface area contributed by atoms with Gasteiger partial charge < -0.3 is 15.2 Å². The van der Waals surface area contributed by atoms with Gasteiger partial charge in [-0.15, -0.1) is 0 Å². The number of halogens is 1. The highest BCUT2D eigenvalue weighted by Crippen LogP contribution is 2.21. The van der Waals surface area contributed by atoms with E-state index in [1.807, 2.05) is 6.07 Å². The van der Waals surface area contributed by atoms with Crippen LogP contribution in [0.3, 0.4) is 0 Å². The number of hydrogen-bond donors (Lipinski definition) is 2. The summed E-state index contributed by atoms with van der Waals surface area (Å²) in [6.45, 7) is 0.225. The minimum atomic E-state index is -3.35. The number of anilines is 2. The third-order valence-corrected chi connectivity index (χ3v) is 5.60. The molecule has 29 heavy (non-hydrogen) atoms. The molecule has 11 heteroatoms. The van der Waals surface area contributed by atoms with E-state index >= 15 is 0 Å². The predicted octanol–water partition coefficient (Wildman–Crippen LogP) is 3.27. The van der Waals surface area contributed by atoms with Crippen molar-refractivity contribution in [3.8, 4) is 11.4 Å². The Labute approximate surface area is 178 Å². The zero-order valence-corrected chi connectivity index (χ0v) is 18.0. The largest absolute Gasteiger partial charge is 0.353 e. The Bertz CT molecular complexity index is 1130. The predicted molar refractivity (Wildman–Crippen MR) is 117 cm³/mol. The van der Waals surface area contributed by atoms with Gasteiger partial charge in [0.25, 0.3) is 0 Å². The first-order valence-corrected chi connectivity index (χ1v) is 11.0. The molecule has 3 rings (SSSR count). The van der Waals surface area contributed by atoms with Crippen LogP contribution in [0.1, 0.15) is 5.89 Å². The molecule has 1 heterocycles. The highest BCUT2D eigenvalue weighted by atomic mass is 35.5. The van der Waals surface area contributed by atoms with E-state index in [1.165, 1.54) is 11.4 Å². The molecule has 0 amide bonds.